The molecule has 0 unspecified atom stereocenters. The number of hydrogen-bond donors (Lipinski definition) is 1. The second-order valence-electron chi connectivity index (χ2n) is 9.46. The summed E-state index contributed by atoms with van der Waals surface area (Å²) in [7, 11) is 0. The number of rotatable bonds is 11. The van der Waals surface area contributed by atoms with E-state index in [9.17, 15) is 4.79 Å². The Morgan fingerprint density at radius 2 is 1.60 bits per heavy atom. The Morgan fingerprint density at radius 1 is 0.914 bits per heavy atom. The third-order valence-corrected chi connectivity index (χ3v) is 6.94. The molecule has 0 aliphatic carbocycles. The summed E-state index contributed by atoms with van der Waals surface area (Å²) in [6.45, 7) is 3.04. The van der Waals surface area contributed by atoms with Crippen molar-refractivity contribution in [2.45, 2.75) is 44.6 Å². The van der Waals surface area contributed by atoms with Gasteiger partial charge >= 0.3 is 0 Å². The predicted molar refractivity (Wildman–Crippen MR) is 144 cm³/mol. The van der Waals surface area contributed by atoms with Crippen LogP contribution in [0.25, 0.3) is 6.08 Å². The van der Waals surface area contributed by atoms with Crippen LogP contribution < -0.4 is 5.32 Å². The molecule has 2 aromatic carbocycles. The molecular weight excluding hydrogens is 430 g/mol. The van der Waals surface area contributed by atoms with Crippen molar-refractivity contribution in [3.8, 4) is 0 Å². The topological polar surface area (TPSA) is 45.2 Å². The van der Waals surface area contributed by atoms with E-state index in [-0.39, 0.29) is 5.91 Å². The van der Waals surface area contributed by atoms with Gasteiger partial charge in [0, 0.05) is 25.0 Å². The van der Waals surface area contributed by atoms with E-state index >= 15 is 0 Å². The number of benzene rings is 2. The minimum atomic E-state index is -0.0346. The molecule has 0 radical (unpaired) electrons. The van der Waals surface area contributed by atoms with Crippen molar-refractivity contribution in [1.82, 2.24) is 15.2 Å². The fourth-order valence-electron chi connectivity index (χ4n) is 5.04. The Hall–Kier alpha value is -3.24. The number of piperidine rings is 1. The van der Waals surface area contributed by atoms with Crippen molar-refractivity contribution >= 4 is 12.0 Å². The van der Waals surface area contributed by atoms with Crippen LogP contribution in [0.1, 0.15) is 61.3 Å². The van der Waals surface area contributed by atoms with Crippen LogP contribution in [0.3, 0.4) is 0 Å². The van der Waals surface area contributed by atoms with Gasteiger partial charge in [-0.2, -0.15) is 0 Å². The maximum atomic E-state index is 12.0. The van der Waals surface area contributed by atoms with Crippen LogP contribution >= 0.6 is 0 Å². The van der Waals surface area contributed by atoms with Crippen molar-refractivity contribution < 1.29 is 4.79 Å². The second-order valence-corrected chi connectivity index (χ2v) is 9.46. The largest absolute Gasteiger partial charge is 0.353 e. The summed E-state index contributed by atoms with van der Waals surface area (Å²) < 4.78 is 0. The van der Waals surface area contributed by atoms with Crippen molar-refractivity contribution in [2.24, 2.45) is 5.92 Å². The monoisotopic (exact) mass is 467 g/mol. The first kappa shape index (κ1) is 24.9. The molecule has 0 atom stereocenters. The third kappa shape index (κ3) is 7.90. The molecule has 1 amide bonds. The molecule has 1 aromatic heterocycles. The standard InChI is InChI=1S/C31H37N3O/c35-30(18-17-27-12-10-21-32-25-27)33-22-9-3-4-11-26-19-23-34(24-20-26)31(28-13-5-1-6-14-28)29-15-7-2-8-16-29/h1-2,5-8,10,12-18,21,25-26,31H,3-4,9,11,19-20,22-24H2,(H,33,35). The quantitative estimate of drug-likeness (QED) is 0.267. The van der Waals surface area contributed by atoms with Gasteiger partial charge in [0.25, 0.3) is 0 Å². The Kier molecular flexibility index (Phi) is 9.66. The van der Waals surface area contributed by atoms with Crippen LogP contribution in [-0.4, -0.2) is 35.4 Å². The average molecular weight is 468 g/mol. The minimum absolute atomic E-state index is 0.0346. The summed E-state index contributed by atoms with van der Waals surface area (Å²) in [5.41, 5.74) is 3.71. The van der Waals surface area contributed by atoms with Crippen LogP contribution in [-0.2, 0) is 4.79 Å². The van der Waals surface area contributed by atoms with Crippen LogP contribution in [0.5, 0.6) is 0 Å². The highest BCUT2D eigenvalue weighted by Gasteiger charge is 2.27. The highest BCUT2D eigenvalue weighted by molar-refractivity contribution is 5.91. The second kappa shape index (κ2) is 13.6. The summed E-state index contributed by atoms with van der Waals surface area (Å²) in [4.78, 5) is 18.7. The molecule has 4 heteroatoms. The Morgan fingerprint density at radius 3 is 2.23 bits per heavy atom. The lowest BCUT2D eigenvalue weighted by molar-refractivity contribution is -0.116. The molecule has 1 aliphatic rings. The van der Waals surface area contributed by atoms with Crippen LogP contribution in [0, 0.1) is 5.92 Å². The zero-order valence-corrected chi connectivity index (χ0v) is 20.6. The smallest absolute Gasteiger partial charge is 0.243 e. The van der Waals surface area contributed by atoms with Crippen molar-refractivity contribution in [1.29, 1.82) is 0 Å². The SMILES string of the molecule is O=C(C=Cc1cccnc1)NCCCCCC1CCN(C(c2ccccc2)c2ccccc2)CC1. The first-order chi connectivity index (χ1) is 17.3. The fourth-order valence-corrected chi connectivity index (χ4v) is 5.04. The number of likely N-dealkylation sites (tertiary alicyclic amines) is 1. The number of carbonyl (C=O) groups excluding carboxylic acids is 1. The van der Waals surface area contributed by atoms with E-state index in [0.717, 1.165) is 37.5 Å². The van der Waals surface area contributed by atoms with Crippen LogP contribution in [0.4, 0.5) is 0 Å². The Bertz CT molecular complexity index is 989. The van der Waals surface area contributed by atoms with Crippen molar-refractivity contribution in [3.63, 3.8) is 0 Å². The third-order valence-electron chi connectivity index (χ3n) is 6.94. The normalized spacial score (nSPS) is 15.0. The summed E-state index contributed by atoms with van der Waals surface area (Å²) in [6.07, 6.45) is 14.1. The Balaban J connectivity index is 1.14. The van der Waals surface area contributed by atoms with Gasteiger partial charge in [-0.05, 0) is 67.1 Å². The highest BCUT2D eigenvalue weighted by atomic mass is 16.1. The average Bonchev–Trinajstić information content (AvgIpc) is 2.92. The van der Waals surface area contributed by atoms with Gasteiger partial charge in [-0.15, -0.1) is 0 Å². The fraction of sp³-hybridized carbons (Fsp3) is 0.355. The summed E-state index contributed by atoms with van der Waals surface area (Å²) >= 11 is 0. The molecule has 4 rings (SSSR count). The van der Waals surface area contributed by atoms with E-state index in [1.807, 2.05) is 12.1 Å². The number of hydrogen-bond acceptors (Lipinski definition) is 3. The molecule has 3 aromatic rings. The molecule has 1 saturated heterocycles. The van der Waals surface area contributed by atoms with E-state index in [0.29, 0.717) is 6.04 Å². The lowest BCUT2D eigenvalue weighted by Crippen LogP contribution is -2.37. The molecule has 0 saturated carbocycles. The van der Waals surface area contributed by atoms with Crippen LogP contribution in [0.15, 0.2) is 91.3 Å². The van der Waals surface area contributed by atoms with Gasteiger partial charge in [0.1, 0.15) is 0 Å². The van der Waals surface area contributed by atoms with E-state index in [4.69, 9.17) is 0 Å². The molecule has 0 spiro atoms. The first-order valence-electron chi connectivity index (χ1n) is 13.0. The van der Waals surface area contributed by atoms with E-state index in [1.54, 1.807) is 24.5 Å². The first-order valence-corrected chi connectivity index (χ1v) is 13.0. The van der Waals surface area contributed by atoms with Gasteiger partial charge in [-0.1, -0.05) is 86.0 Å². The minimum Gasteiger partial charge on any atom is -0.353 e. The van der Waals surface area contributed by atoms with E-state index in [1.165, 1.54) is 43.2 Å². The van der Waals surface area contributed by atoms with E-state index < -0.39 is 0 Å². The number of unbranched alkanes of at least 4 members (excludes halogenated alkanes) is 2. The zero-order valence-electron chi connectivity index (χ0n) is 20.6. The molecule has 0 bridgehead atoms. The van der Waals surface area contributed by atoms with Gasteiger partial charge in [0.2, 0.25) is 5.91 Å². The maximum absolute atomic E-state index is 12.0. The molecular formula is C31H37N3O. The molecule has 35 heavy (non-hydrogen) atoms. The van der Waals surface area contributed by atoms with Crippen LogP contribution in [0.2, 0.25) is 0 Å². The molecule has 2 heterocycles. The number of amides is 1. The zero-order chi connectivity index (χ0) is 24.1. The van der Waals surface area contributed by atoms with Crippen molar-refractivity contribution in [3.05, 3.63) is 108 Å². The number of nitrogens with zero attached hydrogens (tertiary/aromatic N) is 2. The molecule has 1 N–H and O–H groups in total. The summed E-state index contributed by atoms with van der Waals surface area (Å²) in [5.74, 6) is 0.781. The number of aromatic nitrogens is 1. The maximum Gasteiger partial charge on any atom is 0.243 e. The lowest BCUT2D eigenvalue weighted by Gasteiger charge is -2.38. The number of nitrogens with one attached hydrogen (secondary N) is 1. The number of pyridine rings is 1. The van der Waals surface area contributed by atoms with Gasteiger partial charge in [-0.25, -0.2) is 0 Å². The van der Waals surface area contributed by atoms with E-state index in [2.05, 4.69) is 75.9 Å². The summed E-state index contributed by atoms with van der Waals surface area (Å²) in [6, 6.07) is 26.0. The highest BCUT2D eigenvalue weighted by Crippen LogP contribution is 2.33. The molecule has 182 valence electrons. The number of carbonyl (C=O) groups is 1. The molecule has 1 aliphatic heterocycles. The summed E-state index contributed by atoms with van der Waals surface area (Å²) in [5, 5.41) is 2.99. The molecule has 4 nitrogen and oxygen atoms in total. The molecule has 1 fully saturated rings. The lowest BCUT2D eigenvalue weighted by atomic mass is 9.88. The van der Waals surface area contributed by atoms with Gasteiger partial charge in [-0.3, -0.25) is 14.7 Å². The van der Waals surface area contributed by atoms with Gasteiger partial charge < -0.3 is 5.32 Å². The Labute approximate surface area is 210 Å². The van der Waals surface area contributed by atoms with Gasteiger partial charge in [0.15, 0.2) is 0 Å². The van der Waals surface area contributed by atoms with Gasteiger partial charge in [0.05, 0.1) is 6.04 Å². The van der Waals surface area contributed by atoms with Crippen molar-refractivity contribution in [2.75, 3.05) is 19.6 Å². The predicted octanol–water partition coefficient (Wildman–Crippen LogP) is 6.27.